The van der Waals surface area contributed by atoms with Crippen LogP contribution in [0.5, 0.6) is 0 Å². The first-order valence-electron chi connectivity index (χ1n) is 5.91. The maximum absolute atomic E-state index is 6.10. The average molecular weight is 325 g/mol. The molecule has 94 valence electrons. The summed E-state index contributed by atoms with van der Waals surface area (Å²) < 4.78 is 1.01. The zero-order valence-corrected chi connectivity index (χ0v) is 12.6. The molecule has 0 saturated heterocycles. The maximum Gasteiger partial charge on any atom is 0.0410 e. The Morgan fingerprint density at radius 3 is 2.56 bits per heavy atom. The number of aromatic nitrogens is 1. The highest BCUT2D eigenvalue weighted by Crippen LogP contribution is 2.23. The summed E-state index contributed by atoms with van der Waals surface area (Å²) in [5, 5.41) is 0. The van der Waals surface area contributed by atoms with Crippen LogP contribution in [-0.4, -0.2) is 10.9 Å². The molecule has 0 saturated carbocycles. The van der Waals surface area contributed by atoms with Crippen LogP contribution in [-0.2, 0) is 6.42 Å². The fourth-order valence-corrected chi connectivity index (χ4v) is 2.65. The Morgan fingerprint density at radius 1 is 1.22 bits per heavy atom. The Bertz CT molecular complexity index is 510. The van der Waals surface area contributed by atoms with Gasteiger partial charge in [-0.15, -0.1) is 11.6 Å². The number of nitrogens with zero attached hydrogens (tertiary/aromatic N) is 1. The minimum atomic E-state index is 0.336. The van der Waals surface area contributed by atoms with Crippen LogP contribution in [0.15, 0.2) is 47.2 Å². The van der Waals surface area contributed by atoms with Gasteiger partial charge in [0.15, 0.2) is 0 Å². The largest absolute Gasteiger partial charge is 0.263 e. The van der Waals surface area contributed by atoms with Gasteiger partial charge < -0.3 is 0 Å². The number of pyridine rings is 1. The highest BCUT2D eigenvalue weighted by atomic mass is 79.9. The molecule has 0 spiro atoms. The molecule has 0 aliphatic carbocycles. The molecule has 1 heterocycles. The molecule has 0 fully saturated rings. The zero-order chi connectivity index (χ0) is 13.0. The number of aryl methyl sites for hydroxylation is 1. The van der Waals surface area contributed by atoms with E-state index in [1.54, 1.807) is 6.20 Å². The summed E-state index contributed by atoms with van der Waals surface area (Å²) in [6.45, 7) is 2.09. The number of halogens is 2. The molecule has 18 heavy (non-hydrogen) atoms. The smallest absolute Gasteiger partial charge is 0.0410 e. The molecule has 2 aromatic rings. The van der Waals surface area contributed by atoms with Crippen molar-refractivity contribution in [3.05, 3.63) is 63.9 Å². The van der Waals surface area contributed by atoms with Crippen LogP contribution in [0.2, 0.25) is 0 Å². The minimum Gasteiger partial charge on any atom is -0.263 e. The zero-order valence-electron chi connectivity index (χ0n) is 10.2. The van der Waals surface area contributed by atoms with E-state index >= 15 is 0 Å². The van der Waals surface area contributed by atoms with Gasteiger partial charge in [0, 0.05) is 28.7 Å². The predicted molar refractivity (Wildman–Crippen MR) is 80.3 cm³/mol. The minimum absolute atomic E-state index is 0.336. The van der Waals surface area contributed by atoms with Gasteiger partial charge in [0.1, 0.15) is 0 Å². The number of rotatable bonds is 4. The summed E-state index contributed by atoms with van der Waals surface area (Å²) in [6.07, 6.45) is 4.61. The van der Waals surface area contributed by atoms with Crippen molar-refractivity contribution in [3.8, 4) is 0 Å². The van der Waals surface area contributed by atoms with Crippen molar-refractivity contribution in [1.82, 2.24) is 4.98 Å². The molecule has 0 bridgehead atoms. The molecule has 1 aromatic heterocycles. The highest BCUT2D eigenvalue weighted by Gasteiger charge is 2.11. The molecule has 1 nitrogen and oxygen atoms in total. The van der Waals surface area contributed by atoms with Crippen LogP contribution in [0.25, 0.3) is 0 Å². The molecule has 0 amide bonds. The number of hydrogen-bond donors (Lipinski definition) is 0. The number of alkyl halides is 1. The van der Waals surface area contributed by atoms with Gasteiger partial charge in [-0.1, -0.05) is 29.8 Å². The van der Waals surface area contributed by atoms with Crippen LogP contribution in [0.3, 0.4) is 0 Å². The number of benzene rings is 1. The van der Waals surface area contributed by atoms with Crippen molar-refractivity contribution in [2.24, 2.45) is 0 Å². The van der Waals surface area contributed by atoms with E-state index in [0.717, 1.165) is 10.9 Å². The van der Waals surface area contributed by atoms with Gasteiger partial charge in [0.25, 0.3) is 0 Å². The monoisotopic (exact) mass is 323 g/mol. The number of hydrogen-bond acceptors (Lipinski definition) is 1. The SMILES string of the molecule is Cc1ccc(C(CCl)Cc2cncc(Br)c2)cc1. The normalized spacial score (nSPS) is 12.4. The third-order valence-corrected chi connectivity index (χ3v) is 3.78. The van der Waals surface area contributed by atoms with E-state index in [1.807, 2.05) is 6.20 Å². The summed E-state index contributed by atoms with van der Waals surface area (Å²) >= 11 is 9.54. The van der Waals surface area contributed by atoms with E-state index in [9.17, 15) is 0 Å². The third kappa shape index (κ3) is 3.56. The second-order valence-electron chi connectivity index (χ2n) is 4.48. The van der Waals surface area contributed by atoms with Crippen molar-refractivity contribution in [3.63, 3.8) is 0 Å². The second-order valence-corrected chi connectivity index (χ2v) is 5.70. The molecular weight excluding hydrogens is 310 g/mol. The lowest BCUT2D eigenvalue weighted by molar-refractivity contribution is 0.762. The van der Waals surface area contributed by atoms with E-state index in [2.05, 4.69) is 58.2 Å². The van der Waals surface area contributed by atoms with Gasteiger partial charge in [0.2, 0.25) is 0 Å². The van der Waals surface area contributed by atoms with Gasteiger partial charge in [-0.25, -0.2) is 0 Å². The maximum atomic E-state index is 6.10. The predicted octanol–water partition coefficient (Wildman–Crippen LogP) is 4.72. The second kappa shape index (κ2) is 6.35. The molecule has 1 unspecified atom stereocenters. The first-order valence-corrected chi connectivity index (χ1v) is 7.23. The van der Waals surface area contributed by atoms with E-state index in [0.29, 0.717) is 11.8 Å². The fraction of sp³-hybridized carbons (Fsp3) is 0.267. The van der Waals surface area contributed by atoms with Crippen LogP contribution >= 0.6 is 27.5 Å². The van der Waals surface area contributed by atoms with E-state index in [4.69, 9.17) is 11.6 Å². The molecule has 3 heteroatoms. The Kier molecular flexibility index (Phi) is 4.79. The highest BCUT2D eigenvalue weighted by molar-refractivity contribution is 9.10. The Labute approximate surface area is 121 Å². The first kappa shape index (κ1) is 13.6. The van der Waals surface area contributed by atoms with Crippen LogP contribution in [0, 0.1) is 6.92 Å². The topological polar surface area (TPSA) is 12.9 Å². The molecule has 0 aliphatic heterocycles. The van der Waals surface area contributed by atoms with Gasteiger partial charge in [-0.05, 0) is 46.5 Å². The molecule has 2 rings (SSSR count). The molecular formula is C15H15BrClN. The first-order chi connectivity index (χ1) is 8.69. The summed E-state index contributed by atoms with van der Waals surface area (Å²) in [5.41, 5.74) is 3.77. The average Bonchev–Trinajstić information content (AvgIpc) is 2.37. The molecule has 1 aromatic carbocycles. The van der Waals surface area contributed by atoms with Crippen molar-refractivity contribution < 1.29 is 0 Å². The Hall–Kier alpha value is -0.860. The van der Waals surface area contributed by atoms with Gasteiger partial charge >= 0.3 is 0 Å². The van der Waals surface area contributed by atoms with Gasteiger partial charge in [0.05, 0.1) is 0 Å². The van der Waals surface area contributed by atoms with Crippen LogP contribution in [0.4, 0.5) is 0 Å². The van der Waals surface area contributed by atoms with Crippen LogP contribution < -0.4 is 0 Å². The Morgan fingerprint density at radius 2 is 1.94 bits per heavy atom. The quantitative estimate of drug-likeness (QED) is 0.742. The van der Waals surface area contributed by atoms with Crippen molar-refractivity contribution >= 4 is 27.5 Å². The third-order valence-electron chi connectivity index (χ3n) is 2.98. The van der Waals surface area contributed by atoms with Crippen molar-refractivity contribution in [2.75, 3.05) is 5.88 Å². The Balaban J connectivity index is 2.17. The summed E-state index contributed by atoms with van der Waals surface area (Å²) in [7, 11) is 0. The van der Waals surface area contributed by atoms with Gasteiger partial charge in [-0.3, -0.25) is 4.98 Å². The van der Waals surface area contributed by atoms with E-state index < -0.39 is 0 Å². The summed E-state index contributed by atoms with van der Waals surface area (Å²) in [6, 6.07) is 10.7. The van der Waals surface area contributed by atoms with Crippen LogP contribution in [0.1, 0.15) is 22.6 Å². The van der Waals surface area contributed by atoms with E-state index in [-0.39, 0.29) is 0 Å². The molecule has 0 radical (unpaired) electrons. The lowest BCUT2D eigenvalue weighted by atomic mass is 9.94. The summed E-state index contributed by atoms with van der Waals surface area (Å²) in [4.78, 5) is 4.19. The lowest BCUT2D eigenvalue weighted by Gasteiger charge is -2.14. The van der Waals surface area contributed by atoms with Crippen molar-refractivity contribution in [2.45, 2.75) is 19.3 Å². The van der Waals surface area contributed by atoms with Crippen molar-refractivity contribution in [1.29, 1.82) is 0 Å². The van der Waals surface area contributed by atoms with Gasteiger partial charge in [-0.2, -0.15) is 0 Å². The summed E-state index contributed by atoms with van der Waals surface area (Å²) in [5.74, 6) is 0.957. The van der Waals surface area contributed by atoms with E-state index in [1.165, 1.54) is 16.7 Å². The standard InChI is InChI=1S/C15H15BrClN/c1-11-2-4-13(5-3-11)14(8-17)6-12-7-15(16)10-18-9-12/h2-5,7,9-10,14H,6,8H2,1H3. The molecule has 1 atom stereocenters. The fourth-order valence-electron chi connectivity index (χ4n) is 1.95. The molecule has 0 N–H and O–H groups in total. The molecule has 0 aliphatic rings. The lowest BCUT2D eigenvalue weighted by Crippen LogP contribution is -2.05.